The van der Waals surface area contributed by atoms with Gasteiger partial charge in [-0.25, -0.2) is 0 Å². The van der Waals surface area contributed by atoms with Crippen molar-refractivity contribution in [3.05, 3.63) is 35.9 Å². The van der Waals surface area contributed by atoms with Crippen LogP contribution in [0, 0.1) is 0 Å². The summed E-state index contributed by atoms with van der Waals surface area (Å²) in [6.07, 6.45) is 3.83. The van der Waals surface area contributed by atoms with Crippen LogP contribution in [0.3, 0.4) is 0 Å². The Kier molecular flexibility index (Phi) is 7.04. The summed E-state index contributed by atoms with van der Waals surface area (Å²) in [7, 11) is 0. The van der Waals surface area contributed by atoms with E-state index in [1.165, 1.54) is 24.8 Å². The maximum atomic E-state index is 2.23. The Labute approximate surface area is 91.3 Å². The molecule has 0 saturated carbocycles. The van der Waals surface area contributed by atoms with E-state index in [4.69, 9.17) is 0 Å². The molecule has 1 aromatic rings. The second-order valence-electron chi connectivity index (χ2n) is 2.59. The second-order valence-corrected chi connectivity index (χ2v) is 2.59. The first-order valence-corrected chi connectivity index (χ1v) is 3.97. The molecule has 56 valence electrons. The summed E-state index contributed by atoms with van der Waals surface area (Å²) in [5.41, 5.74) is 1.46. The fourth-order valence-corrected chi connectivity index (χ4v) is 1.03. The molecule has 0 saturated heterocycles. The van der Waals surface area contributed by atoms with E-state index in [0.29, 0.717) is 0 Å². The Hall–Kier alpha value is 0.220. The molecule has 1 heteroatoms. The number of hydrogen-bond donors (Lipinski definition) is 0. The topological polar surface area (TPSA) is 0 Å². The molecule has 0 N–H and O–H groups in total. The average molecular weight is 158 g/mol. The van der Waals surface area contributed by atoms with E-state index in [9.17, 15) is 0 Å². The van der Waals surface area contributed by atoms with Crippen LogP contribution in [0.25, 0.3) is 0 Å². The molecule has 0 spiro atoms. The van der Waals surface area contributed by atoms with E-state index in [1.54, 1.807) is 0 Å². The maximum absolute atomic E-state index is 2.23. The van der Waals surface area contributed by atoms with Gasteiger partial charge in [-0.1, -0.05) is 43.7 Å². The molecule has 0 aliphatic heterocycles. The summed E-state index contributed by atoms with van der Waals surface area (Å²) in [5.74, 6) is 0. The Morgan fingerprint density at radius 3 is 2.27 bits per heavy atom. The number of aryl methyl sites for hydroxylation is 1. The van der Waals surface area contributed by atoms with E-state index in [2.05, 4.69) is 37.3 Å². The molecule has 1 aromatic carbocycles. The number of hydrogen-bond acceptors (Lipinski definition) is 0. The van der Waals surface area contributed by atoms with E-state index in [0.717, 1.165) is 0 Å². The van der Waals surface area contributed by atoms with Crippen molar-refractivity contribution in [2.75, 3.05) is 0 Å². The van der Waals surface area contributed by atoms with E-state index in [1.807, 2.05) is 0 Å². The molecule has 0 bridgehead atoms. The summed E-state index contributed by atoms with van der Waals surface area (Å²) < 4.78 is 0. The zero-order valence-corrected chi connectivity index (χ0v) is 6.51. The van der Waals surface area contributed by atoms with Crippen molar-refractivity contribution in [2.45, 2.75) is 26.2 Å². The summed E-state index contributed by atoms with van der Waals surface area (Å²) in [6, 6.07) is 10.6. The summed E-state index contributed by atoms with van der Waals surface area (Å²) in [5, 5.41) is 0. The Morgan fingerprint density at radius 1 is 1.09 bits per heavy atom. The van der Waals surface area contributed by atoms with Gasteiger partial charge in [0.2, 0.25) is 0 Å². The van der Waals surface area contributed by atoms with Crippen LogP contribution < -0.4 is 0 Å². The first kappa shape index (κ1) is 11.2. The van der Waals surface area contributed by atoms with Crippen molar-refractivity contribution < 1.29 is 0 Å². The molecular weight excluding hydrogens is 143 g/mol. The molecule has 0 unspecified atom stereocenters. The van der Waals surface area contributed by atoms with Crippen molar-refractivity contribution in [1.29, 1.82) is 0 Å². The van der Waals surface area contributed by atoms with Crippen LogP contribution in [0.5, 0.6) is 0 Å². The summed E-state index contributed by atoms with van der Waals surface area (Å²) in [6.45, 7) is 2.23. The van der Waals surface area contributed by atoms with Crippen LogP contribution >= 0.6 is 0 Å². The van der Waals surface area contributed by atoms with Crippen LogP contribution in [-0.2, 0) is 6.42 Å². The van der Waals surface area contributed by atoms with Gasteiger partial charge < -0.3 is 0 Å². The third kappa shape index (κ3) is 4.62. The molecule has 0 heterocycles. The molecule has 0 aliphatic rings. The molecule has 11 heavy (non-hydrogen) atoms. The number of benzene rings is 1. The van der Waals surface area contributed by atoms with Gasteiger partial charge in [-0.3, -0.25) is 0 Å². The third-order valence-corrected chi connectivity index (χ3v) is 1.66. The van der Waals surface area contributed by atoms with E-state index >= 15 is 0 Å². The summed E-state index contributed by atoms with van der Waals surface area (Å²) >= 11 is 0. The Balaban J connectivity index is 0.000001000. The Bertz CT molecular complexity index is 169. The third-order valence-electron chi connectivity index (χ3n) is 1.66. The standard InChI is InChI=1S/C10H14.Na.H/c1-2-3-7-10-8-5-4-6-9-10;;/h4-6,8-9H,2-3,7H2,1H3;;. The van der Waals surface area contributed by atoms with Crippen LogP contribution in [0.15, 0.2) is 30.3 Å². The van der Waals surface area contributed by atoms with Gasteiger partial charge in [0.25, 0.3) is 0 Å². The molecule has 0 atom stereocenters. The van der Waals surface area contributed by atoms with Gasteiger partial charge in [-0.05, 0) is 18.4 Å². The number of rotatable bonds is 3. The zero-order valence-electron chi connectivity index (χ0n) is 6.51. The predicted molar refractivity (Wildman–Crippen MR) is 52.2 cm³/mol. The van der Waals surface area contributed by atoms with Gasteiger partial charge >= 0.3 is 29.6 Å². The van der Waals surface area contributed by atoms with Gasteiger partial charge in [0.05, 0.1) is 0 Å². The minimum absolute atomic E-state index is 0. The average Bonchev–Trinajstić information content (AvgIpc) is 2.03. The predicted octanol–water partition coefficient (Wildman–Crippen LogP) is 2.38. The van der Waals surface area contributed by atoms with Gasteiger partial charge in [0, 0.05) is 0 Å². The molecule has 0 nitrogen and oxygen atoms in total. The van der Waals surface area contributed by atoms with Crippen LogP contribution in [0.2, 0.25) is 0 Å². The van der Waals surface area contributed by atoms with Gasteiger partial charge in [0.1, 0.15) is 0 Å². The monoisotopic (exact) mass is 158 g/mol. The number of unbranched alkanes of at least 4 members (excludes halogenated alkanes) is 1. The van der Waals surface area contributed by atoms with Crippen molar-refractivity contribution in [1.82, 2.24) is 0 Å². The van der Waals surface area contributed by atoms with Gasteiger partial charge in [0.15, 0.2) is 0 Å². The molecule has 0 radical (unpaired) electrons. The first-order valence-electron chi connectivity index (χ1n) is 3.97. The fraction of sp³-hybridized carbons (Fsp3) is 0.400. The molecular formula is C10H15Na. The van der Waals surface area contributed by atoms with Crippen molar-refractivity contribution in [3.8, 4) is 0 Å². The van der Waals surface area contributed by atoms with Crippen molar-refractivity contribution in [3.63, 3.8) is 0 Å². The van der Waals surface area contributed by atoms with Crippen molar-refractivity contribution in [2.24, 2.45) is 0 Å². The van der Waals surface area contributed by atoms with Crippen LogP contribution in [0.1, 0.15) is 25.3 Å². The minimum atomic E-state index is 0. The first-order chi connectivity index (χ1) is 4.93. The molecule has 0 aliphatic carbocycles. The van der Waals surface area contributed by atoms with Gasteiger partial charge in [-0.15, -0.1) is 0 Å². The molecule has 0 fully saturated rings. The SMILES string of the molecule is CCCCc1ccccc1.[NaH]. The summed E-state index contributed by atoms with van der Waals surface area (Å²) in [4.78, 5) is 0. The second kappa shape index (κ2) is 6.90. The van der Waals surface area contributed by atoms with Crippen LogP contribution in [0.4, 0.5) is 0 Å². The molecule has 1 rings (SSSR count). The van der Waals surface area contributed by atoms with Crippen LogP contribution in [-0.4, -0.2) is 29.6 Å². The molecule has 0 aromatic heterocycles. The Morgan fingerprint density at radius 2 is 1.73 bits per heavy atom. The van der Waals surface area contributed by atoms with E-state index in [-0.39, 0.29) is 29.6 Å². The normalized spacial score (nSPS) is 8.82. The quantitative estimate of drug-likeness (QED) is 0.592. The van der Waals surface area contributed by atoms with E-state index < -0.39 is 0 Å². The fourth-order valence-electron chi connectivity index (χ4n) is 1.03. The van der Waals surface area contributed by atoms with Crippen molar-refractivity contribution >= 4 is 29.6 Å². The van der Waals surface area contributed by atoms with Gasteiger partial charge in [-0.2, -0.15) is 0 Å². The zero-order chi connectivity index (χ0) is 7.23. The molecule has 0 amide bonds.